The summed E-state index contributed by atoms with van der Waals surface area (Å²) in [6.45, 7) is 2.94. The molecule has 1 atom stereocenters. The molecule has 1 heterocycles. The highest BCUT2D eigenvalue weighted by atomic mass is 35.5. The molecule has 3 nitrogen and oxygen atoms in total. The van der Waals surface area contributed by atoms with Gasteiger partial charge in [-0.2, -0.15) is 0 Å². The predicted molar refractivity (Wildman–Crippen MR) is 84.0 cm³/mol. The molecule has 21 heavy (non-hydrogen) atoms. The van der Waals surface area contributed by atoms with E-state index in [0.29, 0.717) is 5.56 Å². The zero-order chi connectivity index (χ0) is 15.2. The first-order valence-electron chi connectivity index (χ1n) is 7.27. The third-order valence-electron chi connectivity index (χ3n) is 3.58. The fourth-order valence-electron chi connectivity index (χ4n) is 2.39. The third kappa shape index (κ3) is 4.05. The van der Waals surface area contributed by atoms with E-state index in [-0.39, 0.29) is 16.9 Å². The van der Waals surface area contributed by atoms with Crippen LogP contribution >= 0.6 is 11.6 Å². The highest BCUT2D eigenvalue weighted by molar-refractivity contribution is 6.30. The van der Waals surface area contributed by atoms with Gasteiger partial charge in [-0.3, -0.25) is 0 Å². The number of hydrogen-bond donors (Lipinski definition) is 1. The van der Waals surface area contributed by atoms with Gasteiger partial charge in [0.15, 0.2) is 0 Å². The molecule has 0 bridgehead atoms. The Kier molecular flexibility index (Phi) is 5.76. The Balaban J connectivity index is 2.14. The summed E-state index contributed by atoms with van der Waals surface area (Å²) in [5.74, 6) is 0.674. The zero-order valence-corrected chi connectivity index (χ0v) is 13.2. The fourth-order valence-corrected chi connectivity index (χ4v) is 2.57. The van der Waals surface area contributed by atoms with Gasteiger partial charge in [0, 0.05) is 37.5 Å². The zero-order valence-electron chi connectivity index (χ0n) is 12.4. The highest BCUT2D eigenvalue weighted by Crippen LogP contribution is 2.26. The van der Waals surface area contributed by atoms with E-state index in [1.54, 1.807) is 24.4 Å². The SMILES string of the molecule is CCCNC(CCc1nccn1C)c1cccc(Cl)c1F. The molecule has 1 aromatic heterocycles. The van der Waals surface area contributed by atoms with Crippen molar-refractivity contribution in [1.29, 1.82) is 0 Å². The molecule has 0 aliphatic rings. The third-order valence-corrected chi connectivity index (χ3v) is 3.87. The maximum atomic E-state index is 14.2. The van der Waals surface area contributed by atoms with E-state index in [9.17, 15) is 4.39 Å². The van der Waals surface area contributed by atoms with Crippen LogP contribution in [-0.4, -0.2) is 16.1 Å². The molecule has 0 aliphatic carbocycles. The van der Waals surface area contributed by atoms with Crippen molar-refractivity contribution >= 4 is 11.6 Å². The Morgan fingerprint density at radius 1 is 1.43 bits per heavy atom. The number of nitrogens with one attached hydrogen (secondary N) is 1. The minimum Gasteiger partial charge on any atom is -0.338 e. The maximum absolute atomic E-state index is 14.2. The molecule has 1 N–H and O–H groups in total. The second-order valence-corrected chi connectivity index (χ2v) is 5.55. The van der Waals surface area contributed by atoms with Crippen LogP contribution in [0.25, 0.3) is 0 Å². The smallest absolute Gasteiger partial charge is 0.146 e. The van der Waals surface area contributed by atoms with Crippen molar-refractivity contribution in [3.63, 3.8) is 0 Å². The average Bonchev–Trinajstić information content (AvgIpc) is 2.88. The molecule has 0 aliphatic heterocycles. The predicted octanol–water partition coefficient (Wildman–Crippen LogP) is 3.89. The van der Waals surface area contributed by atoms with Crippen LogP contribution in [0, 0.1) is 5.82 Å². The number of imidazole rings is 1. The number of rotatable bonds is 7. The lowest BCUT2D eigenvalue weighted by Gasteiger charge is -2.20. The molecule has 114 valence electrons. The molecule has 0 spiro atoms. The van der Waals surface area contributed by atoms with E-state index in [1.165, 1.54) is 0 Å². The summed E-state index contributed by atoms with van der Waals surface area (Å²) >= 11 is 5.90. The first kappa shape index (κ1) is 16.0. The molecule has 5 heteroatoms. The number of benzene rings is 1. The Morgan fingerprint density at radius 3 is 2.90 bits per heavy atom. The molecule has 2 rings (SSSR count). The van der Waals surface area contributed by atoms with Gasteiger partial charge in [-0.15, -0.1) is 0 Å². The van der Waals surface area contributed by atoms with Gasteiger partial charge in [0.2, 0.25) is 0 Å². The van der Waals surface area contributed by atoms with Crippen LogP contribution in [0.5, 0.6) is 0 Å². The van der Waals surface area contributed by atoms with Crippen molar-refractivity contribution < 1.29 is 4.39 Å². The van der Waals surface area contributed by atoms with Gasteiger partial charge in [-0.25, -0.2) is 9.37 Å². The molecule has 0 radical (unpaired) electrons. The Labute approximate surface area is 130 Å². The molecule has 0 fully saturated rings. The molecule has 1 aromatic carbocycles. The van der Waals surface area contributed by atoms with E-state index >= 15 is 0 Å². The first-order chi connectivity index (χ1) is 10.1. The highest BCUT2D eigenvalue weighted by Gasteiger charge is 2.17. The van der Waals surface area contributed by atoms with Gasteiger partial charge >= 0.3 is 0 Å². The van der Waals surface area contributed by atoms with Gasteiger partial charge in [0.25, 0.3) is 0 Å². The van der Waals surface area contributed by atoms with Crippen molar-refractivity contribution in [1.82, 2.24) is 14.9 Å². The summed E-state index contributed by atoms with van der Waals surface area (Å²) < 4.78 is 16.2. The molecule has 0 saturated heterocycles. The van der Waals surface area contributed by atoms with E-state index in [4.69, 9.17) is 11.6 Å². The topological polar surface area (TPSA) is 29.9 Å². The minimum atomic E-state index is -0.326. The summed E-state index contributed by atoms with van der Waals surface area (Å²) in [6.07, 6.45) is 6.27. The summed E-state index contributed by atoms with van der Waals surface area (Å²) in [7, 11) is 1.97. The largest absolute Gasteiger partial charge is 0.338 e. The van der Waals surface area contributed by atoms with E-state index < -0.39 is 0 Å². The molecule has 0 amide bonds. The quantitative estimate of drug-likeness (QED) is 0.841. The lowest BCUT2D eigenvalue weighted by molar-refractivity contribution is 0.468. The van der Waals surface area contributed by atoms with Crippen LogP contribution < -0.4 is 5.32 Å². The van der Waals surface area contributed by atoms with Crippen molar-refractivity contribution in [3.05, 3.63) is 52.8 Å². The second-order valence-electron chi connectivity index (χ2n) is 5.14. The van der Waals surface area contributed by atoms with Crippen molar-refractivity contribution in [2.45, 2.75) is 32.2 Å². The summed E-state index contributed by atoms with van der Waals surface area (Å²) in [6, 6.07) is 5.12. The molecular formula is C16H21ClFN3. The summed E-state index contributed by atoms with van der Waals surface area (Å²) in [5, 5.41) is 3.57. The van der Waals surface area contributed by atoms with Gasteiger partial charge in [-0.05, 0) is 25.5 Å². The van der Waals surface area contributed by atoms with Crippen LogP contribution in [-0.2, 0) is 13.5 Å². The Morgan fingerprint density at radius 2 is 2.24 bits per heavy atom. The van der Waals surface area contributed by atoms with Crippen LogP contribution in [0.4, 0.5) is 4.39 Å². The molecular weight excluding hydrogens is 289 g/mol. The lowest BCUT2D eigenvalue weighted by atomic mass is 10.0. The summed E-state index contributed by atoms with van der Waals surface area (Å²) in [4.78, 5) is 4.32. The van der Waals surface area contributed by atoms with E-state index in [0.717, 1.165) is 31.6 Å². The standard InChI is InChI=1S/C16H21ClFN3/c1-3-9-19-14(7-8-15-20-10-11-21(15)2)12-5-4-6-13(17)16(12)18/h4-6,10-11,14,19H,3,7-9H2,1-2H3. The second kappa shape index (κ2) is 7.57. The van der Waals surface area contributed by atoms with Crippen LogP contribution in [0.15, 0.2) is 30.6 Å². The minimum absolute atomic E-state index is 0.0552. The lowest BCUT2D eigenvalue weighted by Crippen LogP contribution is -2.24. The van der Waals surface area contributed by atoms with Crippen molar-refractivity contribution in [3.8, 4) is 0 Å². The van der Waals surface area contributed by atoms with Crippen LogP contribution in [0.1, 0.15) is 37.2 Å². The van der Waals surface area contributed by atoms with Crippen LogP contribution in [0.2, 0.25) is 5.02 Å². The van der Waals surface area contributed by atoms with Crippen molar-refractivity contribution in [2.24, 2.45) is 7.05 Å². The van der Waals surface area contributed by atoms with Crippen molar-refractivity contribution in [2.75, 3.05) is 6.54 Å². The molecule has 1 unspecified atom stereocenters. The fraction of sp³-hybridized carbons (Fsp3) is 0.438. The Hall–Kier alpha value is -1.39. The Bertz CT molecular complexity index is 583. The van der Waals surface area contributed by atoms with E-state index in [1.807, 2.05) is 17.8 Å². The molecule has 2 aromatic rings. The van der Waals surface area contributed by atoms with Gasteiger partial charge in [0.1, 0.15) is 11.6 Å². The maximum Gasteiger partial charge on any atom is 0.146 e. The number of aromatic nitrogens is 2. The number of nitrogens with zero attached hydrogens (tertiary/aromatic N) is 2. The summed E-state index contributed by atoms with van der Waals surface area (Å²) in [5.41, 5.74) is 0.630. The van der Waals surface area contributed by atoms with Gasteiger partial charge in [0.05, 0.1) is 5.02 Å². The monoisotopic (exact) mass is 309 g/mol. The van der Waals surface area contributed by atoms with Gasteiger partial charge in [-0.1, -0.05) is 30.7 Å². The average molecular weight is 310 g/mol. The molecule has 0 saturated carbocycles. The first-order valence-corrected chi connectivity index (χ1v) is 7.64. The van der Waals surface area contributed by atoms with Gasteiger partial charge < -0.3 is 9.88 Å². The van der Waals surface area contributed by atoms with Crippen LogP contribution in [0.3, 0.4) is 0 Å². The number of aryl methyl sites for hydroxylation is 2. The van der Waals surface area contributed by atoms with E-state index in [2.05, 4.69) is 17.2 Å². The number of hydrogen-bond acceptors (Lipinski definition) is 2. The number of halogens is 2. The normalized spacial score (nSPS) is 12.6.